The van der Waals surface area contributed by atoms with Crippen LogP contribution >= 0.6 is 0 Å². The molecule has 29 heavy (non-hydrogen) atoms. The highest BCUT2D eigenvalue weighted by Crippen LogP contribution is 2.25. The summed E-state index contributed by atoms with van der Waals surface area (Å²) >= 11 is 0. The molecule has 0 radical (unpaired) electrons. The molecule has 0 amide bonds. The van der Waals surface area contributed by atoms with Crippen LogP contribution in [0.4, 0.5) is 27.8 Å². The molecule has 150 valence electrons. The van der Waals surface area contributed by atoms with E-state index in [0.717, 1.165) is 37.3 Å². The van der Waals surface area contributed by atoms with E-state index in [-0.39, 0.29) is 11.9 Å². The van der Waals surface area contributed by atoms with Gasteiger partial charge in [-0.15, -0.1) is 0 Å². The van der Waals surface area contributed by atoms with Gasteiger partial charge in [-0.2, -0.15) is 9.97 Å². The molecule has 1 fully saturated rings. The molecule has 0 unspecified atom stereocenters. The summed E-state index contributed by atoms with van der Waals surface area (Å²) in [5.41, 5.74) is 0.960. The average Bonchev–Trinajstić information content (AvgIpc) is 2.75. The van der Waals surface area contributed by atoms with E-state index in [0.29, 0.717) is 17.6 Å². The minimum Gasteiger partial charge on any atom is -0.356 e. The van der Waals surface area contributed by atoms with Gasteiger partial charge in [0.25, 0.3) is 0 Å². The molecule has 3 heterocycles. The van der Waals surface area contributed by atoms with Crippen molar-refractivity contribution in [2.75, 3.05) is 28.6 Å². The summed E-state index contributed by atoms with van der Waals surface area (Å²) in [5.74, 6) is 2.40. The standard InChI is InChI=1S/C21H24FN7/c1-15(16-5-7-17(22)8-6-16)25-21-27-18(26-19-14-23-9-10-24-19)13-20(28-21)29-11-3-2-4-12-29/h5-10,13-15H,2-4,11-12H2,1H3,(H2,24,25,26,27,28)/t15-/m0/s1. The Labute approximate surface area is 169 Å². The number of halogens is 1. The van der Waals surface area contributed by atoms with Gasteiger partial charge in [0.15, 0.2) is 0 Å². The van der Waals surface area contributed by atoms with E-state index in [1.165, 1.54) is 18.6 Å². The van der Waals surface area contributed by atoms with Crippen molar-refractivity contribution in [3.8, 4) is 0 Å². The van der Waals surface area contributed by atoms with Crippen LogP contribution in [-0.2, 0) is 0 Å². The fraction of sp³-hybridized carbons (Fsp3) is 0.333. The van der Waals surface area contributed by atoms with Gasteiger partial charge in [-0.25, -0.2) is 9.37 Å². The maximum atomic E-state index is 13.2. The number of piperidine rings is 1. The molecule has 2 aromatic heterocycles. The normalized spacial score (nSPS) is 15.0. The van der Waals surface area contributed by atoms with Crippen molar-refractivity contribution in [3.05, 3.63) is 60.3 Å². The van der Waals surface area contributed by atoms with Crippen molar-refractivity contribution in [1.82, 2.24) is 19.9 Å². The molecule has 8 heteroatoms. The van der Waals surface area contributed by atoms with Crippen molar-refractivity contribution in [3.63, 3.8) is 0 Å². The van der Waals surface area contributed by atoms with Gasteiger partial charge in [0, 0.05) is 31.5 Å². The second-order valence-corrected chi connectivity index (χ2v) is 7.12. The first-order valence-corrected chi connectivity index (χ1v) is 9.86. The molecule has 3 aromatic rings. The number of nitrogens with one attached hydrogen (secondary N) is 2. The first kappa shape index (κ1) is 19.0. The third kappa shape index (κ3) is 4.96. The maximum absolute atomic E-state index is 13.2. The van der Waals surface area contributed by atoms with Gasteiger partial charge in [0.1, 0.15) is 23.3 Å². The summed E-state index contributed by atoms with van der Waals surface area (Å²) in [4.78, 5) is 20.0. The van der Waals surface area contributed by atoms with E-state index >= 15 is 0 Å². The Balaban J connectivity index is 1.60. The lowest BCUT2D eigenvalue weighted by molar-refractivity contribution is 0.573. The molecule has 0 bridgehead atoms. The van der Waals surface area contributed by atoms with Gasteiger partial charge in [-0.05, 0) is 43.9 Å². The number of anilines is 4. The first-order chi connectivity index (χ1) is 14.2. The molecule has 1 atom stereocenters. The molecule has 4 rings (SSSR count). The minimum atomic E-state index is -0.250. The third-order valence-corrected chi connectivity index (χ3v) is 4.93. The molecular weight excluding hydrogens is 369 g/mol. The Kier molecular flexibility index (Phi) is 5.79. The van der Waals surface area contributed by atoms with Crippen LogP contribution in [-0.4, -0.2) is 33.0 Å². The summed E-state index contributed by atoms with van der Waals surface area (Å²) in [6.07, 6.45) is 8.47. The molecule has 2 N–H and O–H groups in total. The van der Waals surface area contributed by atoms with Gasteiger partial charge >= 0.3 is 0 Å². The summed E-state index contributed by atoms with van der Waals surface area (Å²) in [6.45, 7) is 3.96. The van der Waals surface area contributed by atoms with Crippen LogP contribution in [0.2, 0.25) is 0 Å². The Morgan fingerprint density at radius 3 is 2.52 bits per heavy atom. The fourth-order valence-electron chi connectivity index (χ4n) is 3.37. The van der Waals surface area contributed by atoms with Crippen LogP contribution < -0.4 is 15.5 Å². The number of nitrogens with zero attached hydrogens (tertiary/aromatic N) is 5. The van der Waals surface area contributed by atoms with E-state index in [9.17, 15) is 4.39 Å². The van der Waals surface area contributed by atoms with E-state index in [2.05, 4.69) is 30.5 Å². The molecule has 1 aromatic carbocycles. The lowest BCUT2D eigenvalue weighted by Crippen LogP contribution is -2.30. The SMILES string of the molecule is C[C@H](Nc1nc(Nc2cnccn2)cc(N2CCCCC2)n1)c1ccc(F)cc1. The zero-order valence-corrected chi connectivity index (χ0v) is 16.3. The first-order valence-electron chi connectivity index (χ1n) is 9.86. The molecule has 7 nitrogen and oxygen atoms in total. The second-order valence-electron chi connectivity index (χ2n) is 7.12. The minimum absolute atomic E-state index is 0.0726. The van der Waals surface area contributed by atoms with E-state index in [4.69, 9.17) is 4.98 Å². The van der Waals surface area contributed by atoms with Crippen molar-refractivity contribution in [2.45, 2.75) is 32.2 Å². The van der Waals surface area contributed by atoms with Crippen LogP contribution in [0.15, 0.2) is 48.9 Å². The summed E-state index contributed by atoms with van der Waals surface area (Å²) in [7, 11) is 0. The number of benzene rings is 1. The Hall–Kier alpha value is -3.29. The molecule has 1 aliphatic heterocycles. The van der Waals surface area contributed by atoms with Crippen molar-refractivity contribution >= 4 is 23.4 Å². The lowest BCUT2D eigenvalue weighted by Gasteiger charge is -2.28. The van der Waals surface area contributed by atoms with Crippen LogP contribution in [0.3, 0.4) is 0 Å². The molecule has 1 saturated heterocycles. The summed E-state index contributed by atoms with van der Waals surface area (Å²) < 4.78 is 13.2. The van der Waals surface area contributed by atoms with Crippen molar-refractivity contribution < 1.29 is 4.39 Å². The number of hydrogen-bond acceptors (Lipinski definition) is 7. The average molecular weight is 393 g/mol. The summed E-state index contributed by atoms with van der Waals surface area (Å²) in [5, 5.41) is 6.54. The molecule has 0 spiro atoms. The number of rotatable bonds is 6. The molecule has 1 aliphatic rings. The van der Waals surface area contributed by atoms with Crippen molar-refractivity contribution in [1.29, 1.82) is 0 Å². The van der Waals surface area contributed by atoms with Gasteiger partial charge < -0.3 is 15.5 Å². The highest BCUT2D eigenvalue weighted by atomic mass is 19.1. The highest BCUT2D eigenvalue weighted by Gasteiger charge is 2.16. The van der Waals surface area contributed by atoms with Gasteiger partial charge in [-0.3, -0.25) is 4.98 Å². The number of hydrogen-bond donors (Lipinski definition) is 2. The molecule has 0 saturated carbocycles. The number of aromatic nitrogens is 4. The van der Waals surface area contributed by atoms with E-state index in [1.807, 2.05) is 13.0 Å². The quantitative estimate of drug-likeness (QED) is 0.646. The van der Waals surface area contributed by atoms with Gasteiger partial charge in [0.2, 0.25) is 5.95 Å². The van der Waals surface area contributed by atoms with Crippen LogP contribution in [0.5, 0.6) is 0 Å². The topological polar surface area (TPSA) is 78.9 Å². The Bertz CT molecular complexity index is 928. The predicted octanol–water partition coefficient (Wildman–Crippen LogP) is 4.31. The van der Waals surface area contributed by atoms with Crippen LogP contribution in [0, 0.1) is 5.82 Å². The monoisotopic (exact) mass is 393 g/mol. The molecule has 0 aliphatic carbocycles. The largest absolute Gasteiger partial charge is 0.356 e. The fourth-order valence-corrected chi connectivity index (χ4v) is 3.37. The second kappa shape index (κ2) is 8.81. The van der Waals surface area contributed by atoms with Crippen LogP contribution in [0.1, 0.15) is 37.8 Å². The van der Waals surface area contributed by atoms with Gasteiger partial charge in [-0.1, -0.05) is 12.1 Å². The highest BCUT2D eigenvalue weighted by molar-refractivity contribution is 5.59. The summed E-state index contributed by atoms with van der Waals surface area (Å²) in [6, 6.07) is 8.31. The third-order valence-electron chi connectivity index (χ3n) is 4.93. The zero-order valence-electron chi connectivity index (χ0n) is 16.3. The van der Waals surface area contributed by atoms with E-state index in [1.54, 1.807) is 30.7 Å². The maximum Gasteiger partial charge on any atom is 0.227 e. The predicted molar refractivity (Wildman–Crippen MR) is 112 cm³/mol. The zero-order chi connectivity index (χ0) is 20.1. The van der Waals surface area contributed by atoms with Gasteiger partial charge in [0.05, 0.1) is 12.2 Å². The molecular formula is C21H24FN7. The lowest BCUT2D eigenvalue weighted by atomic mass is 10.1. The van der Waals surface area contributed by atoms with Crippen LogP contribution in [0.25, 0.3) is 0 Å². The Morgan fingerprint density at radius 1 is 1.00 bits per heavy atom. The Morgan fingerprint density at radius 2 is 1.79 bits per heavy atom. The van der Waals surface area contributed by atoms with Crippen molar-refractivity contribution in [2.24, 2.45) is 0 Å². The smallest absolute Gasteiger partial charge is 0.227 e. The van der Waals surface area contributed by atoms with E-state index < -0.39 is 0 Å².